The summed E-state index contributed by atoms with van der Waals surface area (Å²) in [6.07, 6.45) is 0. The Hall–Kier alpha value is -3.45. The number of sulfone groups is 1. The summed E-state index contributed by atoms with van der Waals surface area (Å²) in [6.45, 7) is 1.63. The van der Waals surface area contributed by atoms with Crippen molar-refractivity contribution in [3.05, 3.63) is 102 Å². The highest BCUT2D eigenvalue weighted by Crippen LogP contribution is 2.41. The number of rotatable bonds is 6. The van der Waals surface area contributed by atoms with E-state index in [0.29, 0.717) is 27.7 Å². The van der Waals surface area contributed by atoms with Gasteiger partial charge in [-0.05, 0) is 42.8 Å². The van der Waals surface area contributed by atoms with Gasteiger partial charge in [0, 0.05) is 22.2 Å². The molecule has 1 heterocycles. The number of hydrogen-bond donors (Lipinski definition) is 0. The zero-order valence-corrected chi connectivity index (χ0v) is 18.5. The lowest BCUT2D eigenvalue weighted by atomic mass is 10.0. The molecule has 0 amide bonds. The Labute approximate surface area is 186 Å². The highest BCUT2D eigenvalue weighted by molar-refractivity contribution is 7.92. The molecular formula is C25H22FNO4S. The number of ether oxygens (including phenoxy) is 1. The molecule has 4 aromatic rings. The first-order chi connectivity index (χ1) is 15.3. The minimum absolute atomic E-state index is 0.114. The van der Waals surface area contributed by atoms with Crippen molar-refractivity contribution in [2.45, 2.75) is 23.6 Å². The molecule has 0 aliphatic rings. The summed E-state index contributed by atoms with van der Waals surface area (Å²) in [6, 6.07) is 21.2. The van der Waals surface area contributed by atoms with Gasteiger partial charge in [-0.3, -0.25) is 4.79 Å². The van der Waals surface area contributed by atoms with Gasteiger partial charge in [0.1, 0.15) is 17.6 Å². The van der Waals surface area contributed by atoms with Gasteiger partial charge in [0.25, 0.3) is 0 Å². The van der Waals surface area contributed by atoms with E-state index in [1.807, 2.05) is 6.07 Å². The Kier molecular flexibility index (Phi) is 5.84. The number of methoxy groups -OCH3 is 1. The predicted octanol–water partition coefficient (Wildman–Crippen LogP) is 4.83. The van der Waals surface area contributed by atoms with Gasteiger partial charge < -0.3 is 9.30 Å². The van der Waals surface area contributed by atoms with Gasteiger partial charge in [0.15, 0.2) is 9.84 Å². The van der Waals surface area contributed by atoms with E-state index < -0.39 is 26.9 Å². The van der Waals surface area contributed by atoms with Crippen molar-refractivity contribution in [2.24, 2.45) is 0 Å². The van der Waals surface area contributed by atoms with Crippen LogP contribution < -0.4 is 0 Å². The average Bonchev–Trinajstić information content (AvgIpc) is 3.05. The molecule has 7 heteroatoms. The zero-order valence-electron chi connectivity index (χ0n) is 17.7. The van der Waals surface area contributed by atoms with Crippen molar-refractivity contribution in [3.8, 4) is 0 Å². The fourth-order valence-corrected chi connectivity index (χ4v) is 6.02. The molecule has 0 aliphatic heterocycles. The van der Waals surface area contributed by atoms with Crippen molar-refractivity contribution in [1.29, 1.82) is 0 Å². The fourth-order valence-electron chi connectivity index (χ4n) is 4.08. The molecule has 0 fully saturated rings. The zero-order chi connectivity index (χ0) is 22.9. The minimum atomic E-state index is -3.91. The Morgan fingerprint density at radius 1 is 1.00 bits per heavy atom. The highest BCUT2D eigenvalue weighted by atomic mass is 32.2. The van der Waals surface area contributed by atoms with Gasteiger partial charge in [-0.25, -0.2) is 12.8 Å². The van der Waals surface area contributed by atoms with Crippen molar-refractivity contribution >= 4 is 26.7 Å². The third-order valence-corrected chi connectivity index (χ3v) is 7.65. The van der Waals surface area contributed by atoms with E-state index in [9.17, 15) is 17.6 Å². The van der Waals surface area contributed by atoms with Gasteiger partial charge in [0.2, 0.25) is 0 Å². The third kappa shape index (κ3) is 3.80. The molecule has 1 atom stereocenters. The lowest BCUT2D eigenvalue weighted by Crippen LogP contribution is -2.17. The van der Waals surface area contributed by atoms with Crippen LogP contribution in [-0.2, 0) is 25.9 Å². The van der Waals surface area contributed by atoms with Crippen LogP contribution in [-0.4, -0.2) is 26.1 Å². The molecule has 0 spiro atoms. The van der Waals surface area contributed by atoms with E-state index in [0.717, 1.165) is 0 Å². The van der Waals surface area contributed by atoms with Gasteiger partial charge >= 0.3 is 5.97 Å². The summed E-state index contributed by atoms with van der Waals surface area (Å²) in [5.74, 6) is -0.971. The van der Waals surface area contributed by atoms with E-state index in [1.54, 1.807) is 72.2 Å². The first-order valence-corrected chi connectivity index (χ1v) is 11.6. The first kappa shape index (κ1) is 21.8. The highest BCUT2D eigenvalue weighted by Gasteiger charge is 2.35. The van der Waals surface area contributed by atoms with Crippen LogP contribution in [0.5, 0.6) is 0 Å². The molecule has 0 saturated carbocycles. The van der Waals surface area contributed by atoms with Crippen LogP contribution in [0.1, 0.15) is 22.1 Å². The summed E-state index contributed by atoms with van der Waals surface area (Å²) < 4.78 is 48.6. The number of aromatic nitrogens is 1. The van der Waals surface area contributed by atoms with Gasteiger partial charge in [-0.2, -0.15) is 0 Å². The number of halogens is 1. The van der Waals surface area contributed by atoms with Crippen LogP contribution in [0.3, 0.4) is 0 Å². The normalized spacial score (nSPS) is 12.6. The number of esters is 1. The van der Waals surface area contributed by atoms with Crippen LogP contribution >= 0.6 is 0 Å². The summed E-state index contributed by atoms with van der Waals surface area (Å²) in [5.41, 5.74) is 2.12. The second-order valence-electron chi connectivity index (χ2n) is 7.47. The number of benzene rings is 3. The standard InChI is InChI=1S/C25H22FNO4S/c1-17-24(21-15-19(26)13-14-22(21)27(17)16-23(28)31-2)25(18-9-5-3-6-10-18)32(29,30)20-11-7-4-8-12-20/h3-15,25H,16H2,1-2H3. The van der Waals surface area contributed by atoms with Crippen LogP contribution in [0.15, 0.2) is 83.8 Å². The first-order valence-electron chi connectivity index (χ1n) is 10.0. The summed E-state index contributed by atoms with van der Waals surface area (Å²) in [7, 11) is -2.62. The predicted molar refractivity (Wildman–Crippen MR) is 121 cm³/mol. The quantitative estimate of drug-likeness (QED) is 0.394. The monoisotopic (exact) mass is 451 g/mol. The number of nitrogens with zero attached hydrogens (tertiary/aromatic N) is 1. The minimum Gasteiger partial charge on any atom is -0.468 e. The molecule has 32 heavy (non-hydrogen) atoms. The maximum Gasteiger partial charge on any atom is 0.325 e. The molecule has 0 aliphatic carbocycles. The lowest BCUT2D eigenvalue weighted by Gasteiger charge is -2.20. The number of fused-ring (bicyclic) bond motifs is 1. The van der Waals surface area contributed by atoms with E-state index in [4.69, 9.17) is 4.74 Å². The average molecular weight is 452 g/mol. The molecule has 0 saturated heterocycles. The molecular weight excluding hydrogens is 429 g/mol. The van der Waals surface area contributed by atoms with Crippen molar-refractivity contribution < 1.29 is 22.3 Å². The second kappa shape index (κ2) is 8.59. The molecule has 3 aromatic carbocycles. The molecule has 164 valence electrons. The van der Waals surface area contributed by atoms with E-state index in [1.165, 1.54) is 19.2 Å². The molecule has 1 aromatic heterocycles. The molecule has 1 unspecified atom stereocenters. The summed E-state index contributed by atoms with van der Waals surface area (Å²) in [4.78, 5) is 12.2. The summed E-state index contributed by atoms with van der Waals surface area (Å²) >= 11 is 0. The van der Waals surface area contributed by atoms with Gasteiger partial charge in [-0.1, -0.05) is 48.5 Å². The van der Waals surface area contributed by atoms with Crippen LogP contribution in [0.25, 0.3) is 10.9 Å². The largest absolute Gasteiger partial charge is 0.468 e. The van der Waals surface area contributed by atoms with E-state index in [-0.39, 0.29) is 11.4 Å². The summed E-state index contributed by atoms with van der Waals surface area (Å²) in [5, 5.41) is -0.644. The van der Waals surface area contributed by atoms with Crippen molar-refractivity contribution in [2.75, 3.05) is 7.11 Å². The Morgan fingerprint density at radius 2 is 1.62 bits per heavy atom. The second-order valence-corrected chi connectivity index (χ2v) is 9.50. The topological polar surface area (TPSA) is 65.4 Å². The Bertz CT molecular complexity index is 1380. The molecule has 5 nitrogen and oxygen atoms in total. The van der Waals surface area contributed by atoms with E-state index >= 15 is 0 Å². The maximum atomic E-state index is 14.3. The number of carbonyl (C=O) groups excluding carboxylic acids is 1. The van der Waals surface area contributed by atoms with Crippen LogP contribution in [0.4, 0.5) is 4.39 Å². The maximum absolute atomic E-state index is 14.3. The van der Waals surface area contributed by atoms with Crippen LogP contribution in [0.2, 0.25) is 0 Å². The number of carbonyl (C=O) groups is 1. The Morgan fingerprint density at radius 3 is 2.25 bits per heavy atom. The molecule has 0 bridgehead atoms. The molecule has 0 N–H and O–H groups in total. The SMILES string of the molecule is COC(=O)Cn1c(C)c(C(c2ccccc2)S(=O)(=O)c2ccccc2)c2cc(F)ccc21. The van der Waals surface area contributed by atoms with Gasteiger partial charge in [0.05, 0.1) is 12.0 Å². The number of hydrogen-bond acceptors (Lipinski definition) is 4. The van der Waals surface area contributed by atoms with E-state index in [2.05, 4.69) is 0 Å². The Balaban J connectivity index is 2.06. The van der Waals surface area contributed by atoms with Crippen molar-refractivity contribution in [1.82, 2.24) is 4.57 Å². The van der Waals surface area contributed by atoms with Gasteiger partial charge in [-0.15, -0.1) is 0 Å². The fraction of sp³-hybridized carbons (Fsp3) is 0.160. The van der Waals surface area contributed by atoms with Crippen molar-refractivity contribution in [3.63, 3.8) is 0 Å². The van der Waals surface area contributed by atoms with Crippen LogP contribution in [0, 0.1) is 12.7 Å². The lowest BCUT2D eigenvalue weighted by molar-refractivity contribution is -0.141. The smallest absolute Gasteiger partial charge is 0.325 e. The third-order valence-electron chi connectivity index (χ3n) is 5.60. The molecule has 4 rings (SSSR count). The molecule has 0 radical (unpaired) electrons.